The van der Waals surface area contributed by atoms with Crippen LogP contribution in [0.1, 0.15) is 36.5 Å². The van der Waals surface area contributed by atoms with E-state index in [-0.39, 0.29) is 5.91 Å². The monoisotopic (exact) mass is 267 g/mol. The van der Waals surface area contributed by atoms with Gasteiger partial charge >= 0.3 is 0 Å². The highest BCUT2D eigenvalue weighted by Crippen LogP contribution is 2.31. The topological polar surface area (TPSA) is 54.0 Å². The van der Waals surface area contributed by atoms with E-state index in [1.54, 1.807) is 12.1 Å². The second-order valence-corrected chi connectivity index (χ2v) is 4.97. The van der Waals surface area contributed by atoms with Gasteiger partial charge in [-0.1, -0.05) is 24.4 Å². The molecule has 0 saturated heterocycles. The molecule has 1 amide bonds. The maximum atomic E-state index is 11.9. The number of carbonyl (C=O) groups excluding carboxylic acids is 1. The summed E-state index contributed by atoms with van der Waals surface area (Å²) in [5, 5.41) is 6.30. The van der Waals surface area contributed by atoms with Crippen molar-refractivity contribution in [3.8, 4) is 0 Å². The molecule has 2 N–H and O–H groups in total. The van der Waals surface area contributed by atoms with Crippen LogP contribution in [-0.4, -0.2) is 24.0 Å². The fourth-order valence-corrected chi connectivity index (χ4v) is 2.01. The number of aromatic nitrogens is 1. The SMILES string of the molecule is CCNc1cc(C(=O)NCCC2CC2)cc(Cl)n1. The van der Waals surface area contributed by atoms with Crippen LogP contribution in [0, 0.1) is 5.92 Å². The van der Waals surface area contributed by atoms with Crippen molar-refractivity contribution in [1.82, 2.24) is 10.3 Å². The Balaban J connectivity index is 1.94. The van der Waals surface area contributed by atoms with E-state index < -0.39 is 0 Å². The summed E-state index contributed by atoms with van der Waals surface area (Å²) >= 11 is 5.89. The summed E-state index contributed by atoms with van der Waals surface area (Å²) < 4.78 is 0. The lowest BCUT2D eigenvalue weighted by atomic mass is 10.2. The number of hydrogen-bond acceptors (Lipinski definition) is 3. The molecule has 1 heterocycles. The molecule has 98 valence electrons. The van der Waals surface area contributed by atoms with Crippen molar-refractivity contribution in [3.63, 3.8) is 0 Å². The number of amides is 1. The van der Waals surface area contributed by atoms with Gasteiger partial charge in [-0.2, -0.15) is 0 Å². The average Bonchev–Trinajstić information content (AvgIpc) is 3.12. The maximum Gasteiger partial charge on any atom is 0.251 e. The number of pyridine rings is 1. The van der Waals surface area contributed by atoms with Gasteiger partial charge in [-0.25, -0.2) is 4.98 Å². The van der Waals surface area contributed by atoms with Crippen molar-refractivity contribution < 1.29 is 4.79 Å². The zero-order chi connectivity index (χ0) is 13.0. The van der Waals surface area contributed by atoms with Gasteiger partial charge in [0.25, 0.3) is 5.91 Å². The molecule has 4 nitrogen and oxygen atoms in total. The summed E-state index contributed by atoms with van der Waals surface area (Å²) in [6.07, 6.45) is 3.69. The van der Waals surface area contributed by atoms with Gasteiger partial charge in [0, 0.05) is 18.7 Å². The molecule has 1 saturated carbocycles. The average molecular weight is 268 g/mol. The number of nitrogens with zero attached hydrogens (tertiary/aromatic N) is 1. The second-order valence-electron chi connectivity index (χ2n) is 4.58. The van der Waals surface area contributed by atoms with Gasteiger partial charge in [-0.3, -0.25) is 4.79 Å². The molecule has 0 atom stereocenters. The lowest BCUT2D eigenvalue weighted by molar-refractivity contribution is 0.0952. The standard InChI is InChI=1S/C13H18ClN3O/c1-2-15-12-8-10(7-11(14)17-12)13(18)16-6-5-9-3-4-9/h7-9H,2-6H2,1H3,(H,15,17)(H,16,18). The Bertz CT molecular complexity index is 432. The summed E-state index contributed by atoms with van der Waals surface area (Å²) in [5.41, 5.74) is 0.557. The first-order chi connectivity index (χ1) is 8.69. The third kappa shape index (κ3) is 3.88. The highest BCUT2D eigenvalue weighted by atomic mass is 35.5. The van der Waals surface area contributed by atoms with Crippen LogP contribution >= 0.6 is 11.6 Å². The molecular weight excluding hydrogens is 250 g/mol. The van der Waals surface area contributed by atoms with Crippen molar-refractivity contribution in [2.75, 3.05) is 18.4 Å². The summed E-state index contributed by atoms with van der Waals surface area (Å²) in [5.74, 6) is 1.38. The number of anilines is 1. The Morgan fingerprint density at radius 2 is 2.28 bits per heavy atom. The number of rotatable bonds is 6. The molecule has 1 aliphatic rings. The Kier molecular flexibility index (Phi) is 4.42. The largest absolute Gasteiger partial charge is 0.370 e. The third-order valence-corrected chi connectivity index (χ3v) is 3.14. The third-order valence-electron chi connectivity index (χ3n) is 2.95. The summed E-state index contributed by atoms with van der Waals surface area (Å²) in [6, 6.07) is 3.32. The number of hydrogen-bond donors (Lipinski definition) is 2. The number of halogens is 1. The van der Waals surface area contributed by atoms with Crippen molar-refractivity contribution in [2.45, 2.75) is 26.2 Å². The van der Waals surface area contributed by atoms with Crippen molar-refractivity contribution in [2.24, 2.45) is 5.92 Å². The van der Waals surface area contributed by atoms with Gasteiger partial charge in [-0.15, -0.1) is 0 Å². The lowest BCUT2D eigenvalue weighted by Crippen LogP contribution is -2.25. The van der Waals surface area contributed by atoms with Crippen LogP contribution in [0.25, 0.3) is 0 Å². The predicted molar refractivity (Wildman–Crippen MR) is 73.1 cm³/mol. The Morgan fingerprint density at radius 3 is 2.94 bits per heavy atom. The van der Waals surface area contributed by atoms with Crippen LogP contribution in [-0.2, 0) is 0 Å². The molecule has 0 aromatic carbocycles. The van der Waals surface area contributed by atoms with Crippen LogP contribution in [0.5, 0.6) is 0 Å². The molecule has 1 aromatic heterocycles. The smallest absolute Gasteiger partial charge is 0.251 e. The van der Waals surface area contributed by atoms with Gasteiger partial charge in [0.05, 0.1) is 0 Å². The van der Waals surface area contributed by atoms with Crippen molar-refractivity contribution in [1.29, 1.82) is 0 Å². The summed E-state index contributed by atoms with van der Waals surface area (Å²) in [7, 11) is 0. The molecule has 1 aliphatic carbocycles. The molecule has 0 unspecified atom stereocenters. The lowest BCUT2D eigenvalue weighted by Gasteiger charge is -2.08. The predicted octanol–water partition coefficient (Wildman–Crippen LogP) is 2.70. The number of carbonyl (C=O) groups is 1. The first-order valence-corrected chi connectivity index (χ1v) is 6.76. The highest BCUT2D eigenvalue weighted by Gasteiger charge is 2.20. The maximum absolute atomic E-state index is 11.9. The zero-order valence-corrected chi connectivity index (χ0v) is 11.3. The van der Waals surface area contributed by atoms with Gasteiger partial charge < -0.3 is 10.6 Å². The van der Waals surface area contributed by atoms with E-state index in [0.29, 0.717) is 16.5 Å². The van der Waals surface area contributed by atoms with E-state index in [1.165, 1.54) is 12.8 Å². The van der Waals surface area contributed by atoms with Crippen molar-refractivity contribution in [3.05, 3.63) is 22.8 Å². The quantitative estimate of drug-likeness (QED) is 0.779. The van der Waals surface area contributed by atoms with Crippen LogP contribution in [0.4, 0.5) is 5.82 Å². The van der Waals surface area contributed by atoms with E-state index in [2.05, 4.69) is 15.6 Å². The molecule has 0 bridgehead atoms. The van der Waals surface area contributed by atoms with E-state index >= 15 is 0 Å². The van der Waals surface area contributed by atoms with Gasteiger partial charge in [0.2, 0.25) is 0 Å². The minimum atomic E-state index is -0.0842. The Labute approximate surface area is 112 Å². The second kappa shape index (κ2) is 6.05. The summed E-state index contributed by atoms with van der Waals surface area (Å²) in [6.45, 7) is 3.45. The van der Waals surface area contributed by atoms with Crippen LogP contribution < -0.4 is 10.6 Å². The zero-order valence-electron chi connectivity index (χ0n) is 10.5. The minimum absolute atomic E-state index is 0.0842. The normalized spacial score (nSPS) is 14.3. The molecule has 0 radical (unpaired) electrons. The van der Waals surface area contributed by atoms with Crippen LogP contribution in [0.2, 0.25) is 5.15 Å². The Hall–Kier alpha value is -1.29. The molecule has 1 fully saturated rings. The minimum Gasteiger partial charge on any atom is -0.370 e. The molecule has 1 aromatic rings. The van der Waals surface area contributed by atoms with E-state index in [0.717, 1.165) is 25.4 Å². The van der Waals surface area contributed by atoms with Crippen LogP contribution in [0.3, 0.4) is 0 Å². The fourth-order valence-electron chi connectivity index (χ4n) is 1.80. The highest BCUT2D eigenvalue weighted by molar-refractivity contribution is 6.29. The van der Waals surface area contributed by atoms with Gasteiger partial charge in [0.15, 0.2) is 0 Å². The molecular formula is C13H18ClN3O. The van der Waals surface area contributed by atoms with E-state index in [4.69, 9.17) is 11.6 Å². The number of nitrogens with one attached hydrogen (secondary N) is 2. The van der Waals surface area contributed by atoms with E-state index in [1.807, 2.05) is 6.92 Å². The molecule has 2 rings (SSSR count). The van der Waals surface area contributed by atoms with E-state index in [9.17, 15) is 4.79 Å². The van der Waals surface area contributed by atoms with Gasteiger partial charge in [0.1, 0.15) is 11.0 Å². The Morgan fingerprint density at radius 1 is 1.50 bits per heavy atom. The molecule has 18 heavy (non-hydrogen) atoms. The first-order valence-electron chi connectivity index (χ1n) is 6.38. The molecule has 0 spiro atoms. The van der Waals surface area contributed by atoms with Gasteiger partial charge in [-0.05, 0) is 31.4 Å². The summed E-state index contributed by atoms with van der Waals surface area (Å²) in [4.78, 5) is 16.0. The first kappa shape index (κ1) is 13.1. The molecule has 0 aliphatic heterocycles. The van der Waals surface area contributed by atoms with Crippen LogP contribution in [0.15, 0.2) is 12.1 Å². The fraction of sp³-hybridized carbons (Fsp3) is 0.538. The molecule has 5 heteroatoms. The van der Waals surface area contributed by atoms with Crippen molar-refractivity contribution >= 4 is 23.3 Å².